The van der Waals surface area contributed by atoms with Crippen molar-refractivity contribution in [3.05, 3.63) is 24.3 Å². The second-order valence-electron chi connectivity index (χ2n) is 2.59. The van der Waals surface area contributed by atoms with Crippen LogP contribution in [0.3, 0.4) is 0 Å². The van der Waals surface area contributed by atoms with E-state index in [9.17, 15) is 0 Å². The predicted octanol–water partition coefficient (Wildman–Crippen LogP) is 1.97. The molecule has 1 rings (SSSR count). The van der Waals surface area contributed by atoms with Crippen molar-refractivity contribution in [1.29, 1.82) is 0 Å². The van der Waals surface area contributed by atoms with E-state index in [0.29, 0.717) is 0 Å². The van der Waals surface area contributed by atoms with E-state index in [4.69, 9.17) is 0 Å². The molecule has 8 heavy (non-hydrogen) atoms. The van der Waals surface area contributed by atoms with Gasteiger partial charge in [0.05, 0.1) is 0 Å². The van der Waals surface area contributed by atoms with E-state index in [0.717, 1.165) is 4.75 Å². The molecule has 0 unspecified atom stereocenters. The molecule has 0 radical (unpaired) electrons. The van der Waals surface area contributed by atoms with Gasteiger partial charge in [0.25, 0.3) is 0 Å². The van der Waals surface area contributed by atoms with Crippen molar-refractivity contribution in [2.24, 2.45) is 0 Å². The maximum atomic E-state index is 2.43. The van der Waals surface area contributed by atoms with Gasteiger partial charge in [-0.15, -0.1) is 0 Å². The molecule has 0 saturated carbocycles. The minimum atomic E-state index is -0.804. The summed E-state index contributed by atoms with van der Waals surface area (Å²) in [6.07, 6.45) is 8.97. The summed E-state index contributed by atoms with van der Waals surface area (Å²) in [6, 6.07) is 0. The Morgan fingerprint density at radius 1 is 1.12 bits per heavy atom. The average Bonchev–Trinajstić information content (AvgIpc) is 2.12. The topological polar surface area (TPSA) is 0 Å². The van der Waals surface area contributed by atoms with E-state index in [1.54, 1.807) is 0 Å². The van der Waals surface area contributed by atoms with Crippen LogP contribution in [0.25, 0.3) is 0 Å². The molecule has 0 heterocycles. The fraction of sp³-hybridized carbons (Fsp3) is 0.429. The van der Waals surface area contributed by atoms with E-state index in [2.05, 4.69) is 35.8 Å². The van der Waals surface area contributed by atoms with Gasteiger partial charge < -0.3 is 0 Å². The molecule has 0 aromatic heterocycles. The van der Waals surface area contributed by atoms with Crippen LogP contribution in [0.15, 0.2) is 24.3 Å². The molecule has 0 N–H and O–H groups in total. The molecule has 0 atom stereocenters. The van der Waals surface area contributed by atoms with Crippen molar-refractivity contribution >= 4 is 14.3 Å². The second kappa shape index (κ2) is 2.54. The standard InChI is InChI=1S/C7H12Ge/c1-8(2)7-5-3-4-6-7/h3-8H,1-2H3. The third kappa shape index (κ3) is 1.25. The monoisotopic (exact) mass is 170 g/mol. The fourth-order valence-electron chi connectivity index (χ4n) is 0.893. The number of rotatable bonds is 1. The van der Waals surface area contributed by atoms with E-state index >= 15 is 0 Å². The van der Waals surface area contributed by atoms with Crippen LogP contribution in [0.4, 0.5) is 0 Å². The molecule has 0 aromatic carbocycles. The molecular formula is C7H12Ge. The molecule has 0 aromatic rings. The van der Waals surface area contributed by atoms with Gasteiger partial charge in [0.2, 0.25) is 0 Å². The van der Waals surface area contributed by atoms with Gasteiger partial charge in [0.15, 0.2) is 0 Å². The first-order valence-electron chi connectivity index (χ1n) is 3.15. The van der Waals surface area contributed by atoms with Crippen LogP contribution in [0, 0.1) is 0 Å². The Labute approximate surface area is 55.4 Å². The third-order valence-corrected chi connectivity index (χ3v) is 5.71. The van der Waals surface area contributed by atoms with Crippen molar-refractivity contribution in [1.82, 2.24) is 0 Å². The zero-order valence-corrected chi connectivity index (χ0v) is 7.89. The van der Waals surface area contributed by atoms with Crippen molar-refractivity contribution in [3.8, 4) is 0 Å². The van der Waals surface area contributed by atoms with Crippen LogP contribution >= 0.6 is 0 Å². The molecule has 0 bridgehead atoms. The number of hydrogen-bond acceptors (Lipinski definition) is 0. The summed E-state index contributed by atoms with van der Waals surface area (Å²) < 4.78 is 0.891. The van der Waals surface area contributed by atoms with Gasteiger partial charge in [-0.25, -0.2) is 0 Å². The maximum absolute atomic E-state index is 2.43. The van der Waals surface area contributed by atoms with E-state index in [1.807, 2.05) is 0 Å². The summed E-state index contributed by atoms with van der Waals surface area (Å²) in [5, 5.41) is 0. The van der Waals surface area contributed by atoms with Gasteiger partial charge in [-0.1, -0.05) is 0 Å². The Hall–Kier alpha value is 0.0229. The van der Waals surface area contributed by atoms with Gasteiger partial charge in [0, 0.05) is 0 Å². The molecular weight excluding hydrogens is 157 g/mol. The van der Waals surface area contributed by atoms with Crippen LogP contribution in [0.2, 0.25) is 16.3 Å². The molecule has 0 saturated heterocycles. The number of hydrogen-bond donors (Lipinski definition) is 0. The Balaban J connectivity index is 2.49. The summed E-state index contributed by atoms with van der Waals surface area (Å²) in [5.74, 6) is 4.86. The molecule has 1 aliphatic carbocycles. The van der Waals surface area contributed by atoms with Crippen molar-refractivity contribution in [2.75, 3.05) is 0 Å². The van der Waals surface area contributed by atoms with Gasteiger partial charge >= 0.3 is 54.9 Å². The normalized spacial score (nSPS) is 18.9. The number of allylic oxidation sites excluding steroid dienone is 4. The molecule has 0 spiro atoms. The Bertz CT molecular complexity index is 110. The van der Waals surface area contributed by atoms with Crippen LogP contribution in [-0.2, 0) is 0 Å². The van der Waals surface area contributed by atoms with Gasteiger partial charge in [-0.2, -0.15) is 0 Å². The summed E-state index contributed by atoms with van der Waals surface area (Å²) in [5.41, 5.74) is 0. The molecule has 0 nitrogen and oxygen atoms in total. The molecule has 0 fully saturated rings. The first-order chi connectivity index (χ1) is 3.80. The Morgan fingerprint density at radius 3 is 1.88 bits per heavy atom. The van der Waals surface area contributed by atoms with Crippen molar-refractivity contribution < 1.29 is 0 Å². The van der Waals surface area contributed by atoms with Gasteiger partial charge in [0.1, 0.15) is 0 Å². The first-order valence-corrected chi connectivity index (χ1v) is 9.40. The van der Waals surface area contributed by atoms with Gasteiger partial charge in [-0.05, 0) is 0 Å². The quantitative estimate of drug-likeness (QED) is 0.526. The average molecular weight is 169 g/mol. The SMILES string of the molecule is [CH3][GeH]([CH3])[CH]1C=CC=C1. The van der Waals surface area contributed by atoms with Crippen LogP contribution in [0.1, 0.15) is 0 Å². The van der Waals surface area contributed by atoms with E-state index in [-0.39, 0.29) is 0 Å². The van der Waals surface area contributed by atoms with Crippen LogP contribution in [0.5, 0.6) is 0 Å². The summed E-state index contributed by atoms with van der Waals surface area (Å²) in [6.45, 7) is 0. The second-order valence-corrected chi connectivity index (χ2v) is 9.43. The minimum absolute atomic E-state index is 0.804. The van der Waals surface area contributed by atoms with E-state index in [1.165, 1.54) is 0 Å². The summed E-state index contributed by atoms with van der Waals surface area (Å²) in [7, 11) is 0. The predicted molar refractivity (Wildman–Crippen MR) is 40.9 cm³/mol. The van der Waals surface area contributed by atoms with Crippen LogP contribution < -0.4 is 0 Å². The third-order valence-electron chi connectivity index (χ3n) is 1.55. The molecule has 1 aliphatic rings. The summed E-state index contributed by atoms with van der Waals surface area (Å²) >= 11 is -0.804. The molecule has 0 aliphatic heterocycles. The molecule has 1 heteroatoms. The van der Waals surface area contributed by atoms with Crippen LogP contribution in [-0.4, -0.2) is 14.3 Å². The van der Waals surface area contributed by atoms with Crippen molar-refractivity contribution in [3.63, 3.8) is 0 Å². The zero-order chi connectivity index (χ0) is 5.98. The zero-order valence-electron chi connectivity index (χ0n) is 5.46. The first kappa shape index (κ1) is 6.15. The van der Waals surface area contributed by atoms with Crippen molar-refractivity contribution in [2.45, 2.75) is 16.3 Å². The Morgan fingerprint density at radius 2 is 1.62 bits per heavy atom. The molecule has 0 amide bonds. The fourth-order valence-corrected chi connectivity index (χ4v) is 3.30. The summed E-state index contributed by atoms with van der Waals surface area (Å²) in [4.78, 5) is 0. The molecule has 44 valence electrons. The van der Waals surface area contributed by atoms with Gasteiger partial charge in [-0.3, -0.25) is 0 Å². The van der Waals surface area contributed by atoms with E-state index < -0.39 is 14.3 Å². The Kier molecular flexibility index (Phi) is 1.95.